The Morgan fingerprint density at radius 1 is 1.39 bits per heavy atom. The maximum absolute atomic E-state index is 8.89. The van der Waals surface area contributed by atoms with Crippen LogP contribution in [0.25, 0.3) is 0 Å². The summed E-state index contributed by atoms with van der Waals surface area (Å²) in [6.07, 6.45) is 5.10. The summed E-state index contributed by atoms with van der Waals surface area (Å²) in [4.78, 5) is 4.18. The van der Waals surface area contributed by atoms with Crippen LogP contribution in [0.15, 0.2) is 12.3 Å². The number of aromatic nitrogens is 1. The lowest BCUT2D eigenvalue weighted by Gasteiger charge is -2.16. The van der Waals surface area contributed by atoms with Gasteiger partial charge < -0.3 is 11.1 Å². The molecule has 1 heterocycles. The first-order valence-electron chi connectivity index (χ1n) is 6.45. The molecule has 4 nitrogen and oxygen atoms in total. The summed E-state index contributed by atoms with van der Waals surface area (Å²) >= 11 is 0. The van der Waals surface area contributed by atoms with Gasteiger partial charge in [0, 0.05) is 12.2 Å². The molecule has 0 bridgehead atoms. The molecule has 0 saturated carbocycles. The number of hydrogen-bond acceptors (Lipinski definition) is 4. The maximum atomic E-state index is 8.89. The number of nitrogens with zero attached hydrogens (tertiary/aromatic N) is 2. The van der Waals surface area contributed by atoms with Gasteiger partial charge in [0.25, 0.3) is 0 Å². The number of pyridine rings is 1. The summed E-state index contributed by atoms with van der Waals surface area (Å²) < 4.78 is 0. The molecule has 1 atom stereocenters. The van der Waals surface area contributed by atoms with Crippen molar-refractivity contribution in [2.45, 2.75) is 46.1 Å². The molecule has 0 aliphatic carbocycles. The van der Waals surface area contributed by atoms with Crippen LogP contribution in [0.1, 0.15) is 45.6 Å². The SMILES string of the molecule is CC(C)CCCC(C)Nc1nccc(C#N)c1N. The monoisotopic (exact) mass is 246 g/mol. The predicted molar refractivity (Wildman–Crippen MR) is 75.1 cm³/mol. The van der Waals surface area contributed by atoms with Gasteiger partial charge in [0.15, 0.2) is 5.82 Å². The number of nitrogen functional groups attached to an aromatic ring is 1. The zero-order valence-electron chi connectivity index (χ0n) is 11.4. The Labute approximate surface area is 109 Å². The average molecular weight is 246 g/mol. The maximum Gasteiger partial charge on any atom is 0.150 e. The fourth-order valence-electron chi connectivity index (χ4n) is 1.82. The molecule has 18 heavy (non-hydrogen) atoms. The molecule has 3 N–H and O–H groups in total. The first kappa shape index (κ1) is 14.3. The molecule has 0 saturated heterocycles. The fourth-order valence-corrected chi connectivity index (χ4v) is 1.82. The van der Waals surface area contributed by atoms with Crippen molar-refractivity contribution in [3.05, 3.63) is 17.8 Å². The minimum absolute atomic E-state index is 0.312. The summed E-state index contributed by atoms with van der Waals surface area (Å²) in [6.45, 7) is 6.57. The van der Waals surface area contributed by atoms with Gasteiger partial charge in [-0.25, -0.2) is 4.98 Å². The molecule has 0 spiro atoms. The second-order valence-corrected chi connectivity index (χ2v) is 5.10. The van der Waals surface area contributed by atoms with Gasteiger partial charge in [0.05, 0.1) is 11.3 Å². The van der Waals surface area contributed by atoms with Crippen molar-refractivity contribution < 1.29 is 0 Å². The van der Waals surface area contributed by atoms with Crippen LogP contribution in [0.4, 0.5) is 11.5 Å². The van der Waals surface area contributed by atoms with Gasteiger partial charge in [-0.3, -0.25) is 0 Å². The van der Waals surface area contributed by atoms with Crippen molar-refractivity contribution >= 4 is 11.5 Å². The van der Waals surface area contributed by atoms with E-state index in [2.05, 4.69) is 37.1 Å². The quantitative estimate of drug-likeness (QED) is 0.808. The molecular weight excluding hydrogens is 224 g/mol. The molecule has 0 amide bonds. The van der Waals surface area contributed by atoms with Crippen molar-refractivity contribution in [3.63, 3.8) is 0 Å². The van der Waals surface area contributed by atoms with E-state index in [0.29, 0.717) is 23.1 Å². The lowest BCUT2D eigenvalue weighted by molar-refractivity contribution is 0.520. The molecule has 4 heteroatoms. The molecule has 1 aromatic heterocycles. The van der Waals surface area contributed by atoms with Gasteiger partial charge in [0.2, 0.25) is 0 Å². The van der Waals surface area contributed by atoms with Crippen molar-refractivity contribution in [2.24, 2.45) is 5.92 Å². The number of anilines is 2. The summed E-state index contributed by atoms with van der Waals surface area (Å²) in [5.41, 5.74) is 6.79. The zero-order chi connectivity index (χ0) is 13.5. The van der Waals surface area contributed by atoms with Gasteiger partial charge in [-0.05, 0) is 25.3 Å². The van der Waals surface area contributed by atoms with Crippen LogP contribution in [0.2, 0.25) is 0 Å². The average Bonchev–Trinajstić information content (AvgIpc) is 2.31. The van der Waals surface area contributed by atoms with Crippen LogP contribution in [-0.2, 0) is 0 Å². The largest absolute Gasteiger partial charge is 0.395 e. The molecule has 0 fully saturated rings. The predicted octanol–water partition coefficient (Wildman–Crippen LogP) is 3.16. The minimum Gasteiger partial charge on any atom is -0.395 e. The Morgan fingerprint density at radius 3 is 2.72 bits per heavy atom. The Bertz CT molecular complexity index is 420. The van der Waals surface area contributed by atoms with E-state index in [0.717, 1.165) is 12.3 Å². The summed E-state index contributed by atoms with van der Waals surface area (Å²) in [5, 5.41) is 12.2. The van der Waals surface area contributed by atoms with Crippen molar-refractivity contribution in [3.8, 4) is 6.07 Å². The van der Waals surface area contributed by atoms with E-state index in [1.54, 1.807) is 12.3 Å². The topological polar surface area (TPSA) is 74.7 Å². The first-order chi connectivity index (χ1) is 8.54. The molecule has 1 aromatic rings. The van der Waals surface area contributed by atoms with Crippen molar-refractivity contribution in [2.75, 3.05) is 11.1 Å². The van der Waals surface area contributed by atoms with E-state index in [4.69, 9.17) is 11.0 Å². The van der Waals surface area contributed by atoms with Gasteiger partial charge in [-0.15, -0.1) is 0 Å². The third kappa shape index (κ3) is 4.25. The second kappa shape index (κ2) is 6.85. The molecule has 0 aromatic carbocycles. The van der Waals surface area contributed by atoms with Crippen LogP contribution < -0.4 is 11.1 Å². The third-order valence-corrected chi connectivity index (χ3v) is 2.91. The molecule has 98 valence electrons. The van der Waals surface area contributed by atoms with Crippen molar-refractivity contribution in [1.82, 2.24) is 4.98 Å². The lowest BCUT2D eigenvalue weighted by Crippen LogP contribution is -2.17. The molecule has 0 radical (unpaired) electrons. The third-order valence-electron chi connectivity index (χ3n) is 2.91. The molecule has 0 aliphatic rings. The van der Waals surface area contributed by atoms with Gasteiger partial charge in [-0.2, -0.15) is 5.26 Å². The number of hydrogen-bond donors (Lipinski definition) is 2. The highest BCUT2D eigenvalue weighted by Gasteiger charge is 2.09. The smallest absolute Gasteiger partial charge is 0.150 e. The Balaban J connectivity index is 2.54. The van der Waals surface area contributed by atoms with Crippen LogP contribution in [0, 0.1) is 17.2 Å². The Kier molecular flexibility index (Phi) is 5.44. The second-order valence-electron chi connectivity index (χ2n) is 5.10. The molecule has 1 rings (SSSR count). The summed E-state index contributed by atoms with van der Waals surface area (Å²) in [6, 6.07) is 4.00. The van der Waals surface area contributed by atoms with E-state index in [1.165, 1.54) is 12.8 Å². The van der Waals surface area contributed by atoms with E-state index in [1.807, 2.05) is 0 Å². The van der Waals surface area contributed by atoms with Gasteiger partial charge in [0.1, 0.15) is 6.07 Å². The highest BCUT2D eigenvalue weighted by Crippen LogP contribution is 2.20. The number of nitrogens with one attached hydrogen (secondary N) is 1. The van der Waals surface area contributed by atoms with E-state index in [-0.39, 0.29) is 0 Å². The molecule has 0 aliphatic heterocycles. The Hall–Kier alpha value is -1.76. The van der Waals surface area contributed by atoms with E-state index in [9.17, 15) is 0 Å². The Morgan fingerprint density at radius 2 is 2.11 bits per heavy atom. The number of nitrogens with two attached hydrogens (primary N) is 1. The minimum atomic E-state index is 0.312. The summed E-state index contributed by atoms with van der Waals surface area (Å²) in [7, 11) is 0. The first-order valence-corrected chi connectivity index (χ1v) is 6.45. The highest BCUT2D eigenvalue weighted by atomic mass is 15.0. The van der Waals surface area contributed by atoms with E-state index < -0.39 is 0 Å². The standard InChI is InChI=1S/C14H22N4/c1-10(2)5-4-6-11(3)18-14-13(16)12(9-15)7-8-17-14/h7-8,10-11H,4-6,16H2,1-3H3,(H,17,18). The van der Waals surface area contributed by atoms with E-state index >= 15 is 0 Å². The van der Waals surface area contributed by atoms with Gasteiger partial charge in [-0.1, -0.05) is 26.7 Å². The number of rotatable bonds is 6. The van der Waals surface area contributed by atoms with Crippen molar-refractivity contribution in [1.29, 1.82) is 5.26 Å². The molecular formula is C14H22N4. The van der Waals surface area contributed by atoms with Crippen LogP contribution in [0.3, 0.4) is 0 Å². The van der Waals surface area contributed by atoms with Gasteiger partial charge >= 0.3 is 0 Å². The normalized spacial score (nSPS) is 12.2. The van der Waals surface area contributed by atoms with Crippen LogP contribution in [0.5, 0.6) is 0 Å². The zero-order valence-corrected chi connectivity index (χ0v) is 11.4. The highest BCUT2D eigenvalue weighted by molar-refractivity contribution is 5.69. The number of nitriles is 1. The lowest BCUT2D eigenvalue weighted by atomic mass is 10.0. The van der Waals surface area contributed by atoms with Crippen LogP contribution >= 0.6 is 0 Å². The summed E-state index contributed by atoms with van der Waals surface area (Å²) in [5.74, 6) is 1.36. The fraction of sp³-hybridized carbons (Fsp3) is 0.571. The van der Waals surface area contributed by atoms with Crippen LogP contribution in [-0.4, -0.2) is 11.0 Å². The molecule has 1 unspecified atom stereocenters.